The zero-order chi connectivity index (χ0) is 12.2. The van der Waals surface area contributed by atoms with E-state index in [1.54, 1.807) is 0 Å². The summed E-state index contributed by atoms with van der Waals surface area (Å²) in [5.74, 6) is -0.204. The van der Waals surface area contributed by atoms with Crippen LogP contribution < -0.4 is 15.2 Å². The molecule has 0 atom stereocenters. The highest BCUT2D eigenvalue weighted by Gasteiger charge is 2.05. The van der Waals surface area contributed by atoms with E-state index in [0.29, 0.717) is 17.8 Å². The fraction of sp³-hybridized carbons (Fsp3) is 0.222. The van der Waals surface area contributed by atoms with Crippen molar-refractivity contribution in [1.29, 1.82) is 0 Å². The topological polar surface area (TPSA) is 101 Å². The lowest BCUT2D eigenvalue weighted by molar-refractivity contribution is 0.0956. The molecule has 1 rings (SSSR count). The molecule has 0 aliphatic carbocycles. The second-order valence-electron chi connectivity index (χ2n) is 3.08. The Morgan fingerprint density at radius 3 is 2.31 bits per heavy atom. The lowest BCUT2D eigenvalue weighted by atomic mass is 10.2. The number of hydrogen-bond donors (Lipinski definition) is 3. The Bertz CT molecular complexity index is 467. The number of rotatable bonds is 4. The molecular weight excluding hydrogens is 230 g/mol. The van der Waals surface area contributed by atoms with Gasteiger partial charge in [0.1, 0.15) is 0 Å². The smallest absolute Gasteiger partial charge is 0.296 e. The van der Waals surface area contributed by atoms with Gasteiger partial charge in [-0.2, -0.15) is 8.42 Å². The summed E-state index contributed by atoms with van der Waals surface area (Å²) in [5, 5.41) is 7.42. The second kappa shape index (κ2) is 4.95. The van der Waals surface area contributed by atoms with Gasteiger partial charge in [-0.05, 0) is 31.2 Å². The molecule has 4 N–H and O–H groups in total. The van der Waals surface area contributed by atoms with Crippen LogP contribution in [0.25, 0.3) is 0 Å². The van der Waals surface area contributed by atoms with Crippen LogP contribution in [0.3, 0.4) is 0 Å². The van der Waals surface area contributed by atoms with Crippen LogP contribution in [0, 0.1) is 0 Å². The summed E-state index contributed by atoms with van der Waals surface area (Å²) < 4.78 is 23.5. The van der Waals surface area contributed by atoms with Crippen molar-refractivity contribution < 1.29 is 13.2 Å². The highest BCUT2D eigenvalue weighted by Crippen LogP contribution is 2.10. The van der Waals surface area contributed by atoms with Gasteiger partial charge < -0.3 is 5.32 Å². The van der Waals surface area contributed by atoms with Gasteiger partial charge in [0.2, 0.25) is 0 Å². The van der Waals surface area contributed by atoms with Gasteiger partial charge in [-0.1, -0.05) is 0 Å². The Balaban J connectivity index is 2.79. The van der Waals surface area contributed by atoms with Gasteiger partial charge in [0.15, 0.2) is 0 Å². The Morgan fingerprint density at radius 1 is 1.31 bits per heavy atom. The van der Waals surface area contributed by atoms with E-state index < -0.39 is 10.2 Å². The van der Waals surface area contributed by atoms with Crippen LogP contribution in [-0.2, 0) is 10.2 Å². The van der Waals surface area contributed by atoms with Crippen molar-refractivity contribution in [1.82, 2.24) is 5.32 Å². The molecule has 7 heteroatoms. The third-order valence-corrected chi connectivity index (χ3v) is 2.26. The molecule has 0 heterocycles. The zero-order valence-corrected chi connectivity index (χ0v) is 9.54. The third-order valence-electron chi connectivity index (χ3n) is 1.74. The molecule has 0 bridgehead atoms. The first-order valence-electron chi connectivity index (χ1n) is 4.61. The van der Waals surface area contributed by atoms with Gasteiger partial charge in [-0.25, -0.2) is 5.14 Å². The molecule has 0 spiro atoms. The maximum Gasteiger partial charge on any atom is 0.296 e. The lowest BCUT2D eigenvalue weighted by Crippen LogP contribution is -2.23. The molecule has 1 aromatic rings. The van der Waals surface area contributed by atoms with Gasteiger partial charge in [-0.3, -0.25) is 9.52 Å². The van der Waals surface area contributed by atoms with Gasteiger partial charge in [-0.15, -0.1) is 0 Å². The van der Waals surface area contributed by atoms with Crippen molar-refractivity contribution in [2.24, 2.45) is 5.14 Å². The summed E-state index contributed by atoms with van der Waals surface area (Å²) in [6.07, 6.45) is 0. The Labute approximate surface area is 94.0 Å². The van der Waals surface area contributed by atoms with E-state index in [1.807, 2.05) is 6.92 Å². The van der Waals surface area contributed by atoms with Gasteiger partial charge in [0, 0.05) is 17.8 Å². The molecule has 0 aliphatic heterocycles. The molecule has 0 unspecified atom stereocenters. The Morgan fingerprint density at radius 2 is 1.88 bits per heavy atom. The fourth-order valence-corrected chi connectivity index (χ4v) is 1.58. The first-order chi connectivity index (χ1) is 7.42. The summed E-state index contributed by atoms with van der Waals surface area (Å²) in [6.45, 7) is 2.35. The molecule has 0 radical (unpaired) electrons. The zero-order valence-electron chi connectivity index (χ0n) is 8.73. The van der Waals surface area contributed by atoms with E-state index in [2.05, 4.69) is 10.0 Å². The quantitative estimate of drug-likeness (QED) is 0.696. The van der Waals surface area contributed by atoms with Crippen molar-refractivity contribution in [2.45, 2.75) is 6.92 Å². The number of hydrogen-bond acceptors (Lipinski definition) is 3. The van der Waals surface area contributed by atoms with Crippen LogP contribution in [0.1, 0.15) is 17.3 Å². The first kappa shape index (κ1) is 12.5. The SMILES string of the molecule is CCNC(=O)c1ccc(NS(N)(=O)=O)cc1. The molecule has 1 aromatic carbocycles. The van der Waals surface area contributed by atoms with Crippen molar-refractivity contribution in [3.05, 3.63) is 29.8 Å². The van der Waals surface area contributed by atoms with Crippen LogP contribution >= 0.6 is 0 Å². The van der Waals surface area contributed by atoms with Gasteiger partial charge in [0.25, 0.3) is 16.1 Å². The molecule has 0 fully saturated rings. The number of carbonyl (C=O) groups is 1. The summed E-state index contributed by atoms with van der Waals surface area (Å²) >= 11 is 0. The van der Waals surface area contributed by atoms with E-state index in [1.165, 1.54) is 24.3 Å². The molecule has 1 amide bonds. The summed E-state index contributed by atoms with van der Waals surface area (Å²) in [5.41, 5.74) is 0.775. The summed E-state index contributed by atoms with van der Waals surface area (Å²) in [4.78, 5) is 11.4. The number of benzene rings is 1. The predicted octanol–water partition coefficient (Wildman–Crippen LogP) is 0.0517. The average molecular weight is 243 g/mol. The van der Waals surface area contributed by atoms with Crippen LogP contribution in [0.5, 0.6) is 0 Å². The highest BCUT2D eigenvalue weighted by atomic mass is 32.2. The molecule has 0 aromatic heterocycles. The largest absolute Gasteiger partial charge is 0.352 e. The molecule has 6 nitrogen and oxygen atoms in total. The van der Waals surface area contributed by atoms with E-state index in [-0.39, 0.29) is 5.91 Å². The monoisotopic (exact) mass is 243 g/mol. The van der Waals surface area contributed by atoms with Crippen molar-refractivity contribution in [3.63, 3.8) is 0 Å². The molecule has 88 valence electrons. The number of anilines is 1. The molecule has 0 aliphatic rings. The minimum Gasteiger partial charge on any atom is -0.352 e. The van der Waals surface area contributed by atoms with Crippen molar-refractivity contribution in [3.8, 4) is 0 Å². The highest BCUT2D eigenvalue weighted by molar-refractivity contribution is 7.90. The third kappa shape index (κ3) is 3.87. The minimum atomic E-state index is -3.77. The Hall–Kier alpha value is -1.60. The van der Waals surface area contributed by atoms with Crippen molar-refractivity contribution in [2.75, 3.05) is 11.3 Å². The van der Waals surface area contributed by atoms with Crippen LogP contribution in [0.2, 0.25) is 0 Å². The Kier molecular flexibility index (Phi) is 3.86. The standard InChI is InChI=1S/C9H13N3O3S/c1-2-11-9(13)7-3-5-8(6-4-7)12-16(10,14)15/h3-6,12H,2H2,1H3,(H,11,13)(H2,10,14,15). The van der Waals surface area contributed by atoms with Crippen molar-refractivity contribution >= 4 is 21.8 Å². The fourth-order valence-electron chi connectivity index (χ4n) is 1.12. The van der Waals surface area contributed by atoms with Crippen LogP contribution in [0.4, 0.5) is 5.69 Å². The number of amides is 1. The van der Waals surface area contributed by atoms with Gasteiger partial charge in [0.05, 0.1) is 0 Å². The lowest BCUT2D eigenvalue weighted by Gasteiger charge is -2.05. The van der Waals surface area contributed by atoms with Crippen LogP contribution in [-0.4, -0.2) is 20.9 Å². The minimum absolute atomic E-state index is 0.204. The number of nitrogens with two attached hydrogens (primary N) is 1. The predicted molar refractivity (Wildman–Crippen MR) is 61.2 cm³/mol. The molecular formula is C9H13N3O3S. The van der Waals surface area contributed by atoms with E-state index in [0.717, 1.165) is 0 Å². The molecule has 0 saturated heterocycles. The average Bonchev–Trinajstić information content (AvgIpc) is 2.16. The second-order valence-corrected chi connectivity index (χ2v) is 4.38. The first-order valence-corrected chi connectivity index (χ1v) is 6.16. The summed E-state index contributed by atoms with van der Waals surface area (Å²) in [6, 6.07) is 5.96. The van der Waals surface area contributed by atoms with E-state index in [9.17, 15) is 13.2 Å². The van der Waals surface area contributed by atoms with Gasteiger partial charge >= 0.3 is 0 Å². The number of nitrogens with one attached hydrogen (secondary N) is 2. The maximum atomic E-state index is 11.4. The number of carbonyl (C=O) groups excluding carboxylic acids is 1. The molecule has 16 heavy (non-hydrogen) atoms. The molecule has 0 saturated carbocycles. The van der Waals surface area contributed by atoms with Crippen LogP contribution in [0.15, 0.2) is 24.3 Å². The normalized spacial score (nSPS) is 10.9. The summed E-state index contributed by atoms with van der Waals surface area (Å²) in [7, 11) is -3.77. The maximum absolute atomic E-state index is 11.4. The van der Waals surface area contributed by atoms with E-state index >= 15 is 0 Å². The van der Waals surface area contributed by atoms with E-state index in [4.69, 9.17) is 5.14 Å².